The van der Waals surface area contributed by atoms with E-state index in [-0.39, 0.29) is 28.2 Å². The second-order valence-corrected chi connectivity index (χ2v) is 13.1. The van der Waals surface area contributed by atoms with Crippen LogP contribution in [0.5, 0.6) is 0 Å². The number of carbonyl (C=O) groups is 2. The number of alkyl halides is 6. The van der Waals surface area contributed by atoms with Crippen LogP contribution in [0.1, 0.15) is 39.5 Å². The second kappa shape index (κ2) is 16.5. The number of aromatic nitrogens is 2. The first-order valence-corrected chi connectivity index (χ1v) is 15.2. The molecule has 1 fully saturated rings. The first kappa shape index (κ1) is 40.7. The fourth-order valence-corrected chi connectivity index (χ4v) is 5.65. The highest BCUT2D eigenvalue weighted by Gasteiger charge is 2.39. The number of aliphatic carboxylic acids is 2. The number of sulfonamides is 1. The Morgan fingerprint density at radius 1 is 1.04 bits per heavy atom. The van der Waals surface area contributed by atoms with E-state index in [1.165, 1.54) is 0 Å². The molecule has 2 unspecified atom stereocenters. The van der Waals surface area contributed by atoms with Crippen LogP contribution in [-0.4, -0.2) is 71.4 Å². The van der Waals surface area contributed by atoms with Gasteiger partial charge in [0.05, 0.1) is 5.69 Å². The van der Waals surface area contributed by atoms with Gasteiger partial charge in [-0.3, -0.25) is 4.72 Å². The summed E-state index contributed by atoms with van der Waals surface area (Å²) in [5.74, 6) is -6.98. The van der Waals surface area contributed by atoms with Gasteiger partial charge in [0.2, 0.25) is 5.13 Å². The molecule has 1 heterocycles. The largest absolute Gasteiger partial charge is 0.490 e. The Bertz CT molecular complexity index is 1380. The monoisotopic (exact) mass is 716 g/mol. The van der Waals surface area contributed by atoms with Crippen LogP contribution in [0.4, 0.5) is 45.9 Å². The van der Waals surface area contributed by atoms with Gasteiger partial charge >= 0.3 is 24.3 Å². The maximum absolute atomic E-state index is 14.7. The van der Waals surface area contributed by atoms with E-state index in [4.69, 9.17) is 31.3 Å². The summed E-state index contributed by atoms with van der Waals surface area (Å²) in [5.41, 5.74) is 12.1. The lowest BCUT2D eigenvalue weighted by molar-refractivity contribution is -0.193. The molecule has 1 aromatic heterocycles. The van der Waals surface area contributed by atoms with Crippen LogP contribution >= 0.6 is 11.5 Å². The van der Waals surface area contributed by atoms with E-state index < -0.39 is 50.8 Å². The zero-order valence-electron chi connectivity index (χ0n) is 24.1. The van der Waals surface area contributed by atoms with Gasteiger partial charge in [-0.25, -0.2) is 31.8 Å². The minimum atomic E-state index is -5.08. The molecule has 1 aromatic carbocycles. The average Bonchev–Trinajstić information content (AvgIpc) is 3.63. The first-order valence-electron chi connectivity index (χ1n) is 13.0. The zero-order valence-corrected chi connectivity index (χ0v) is 25.8. The smallest absolute Gasteiger partial charge is 0.475 e. The molecule has 12 nitrogen and oxygen atoms in total. The van der Waals surface area contributed by atoms with Crippen LogP contribution in [0.3, 0.4) is 0 Å². The lowest BCUT2D eigenvalue weighted by atomic mass is 9.76. The molecule has 1 saturated carbocycles. The molecular weight excluding hydrogens is 684 g/mol. The van der Waals surface area contributed by atoms with Gasteiger partial charge in [-0.05, 0) is 55.5 Å². The number of carboxylic acid groups (broad SMARTS) is 2. The minimum Gasteiger partial charge on any atom is -0.475 e. The average molecular weight is 717 g/mol. The molecule has 2 atom stereocenters. The van der Waals surface area contributed by atoms with E-state index >= 15 is 0 Å². The summed E-state index contributed by atoms with van der Waals surface area (Å²) in [6.07, 6.45) is -5.24. The van der Waals surface area contributed by atoms with Crippen LogP contribution in [-0.2, 0) is 19.6 Å². The quantitative estimate of drug-likeness (QED) is 0.169. The van der Waals surface area contributed by atoms with Crippen molar-refractivity contribution in [2.45, 2.75) is 62.8 Å². The first-order chi connectivity index (χ1) is 20.9. The molecule has 0 amide bonds. The van der Waals surface area contributed by atoms with Gasteiger partial charge in [0, 0.05) is 30.2 Å². The van der Waals surface area contributed by atoms with Crippen molar-refractivity contribution in [1.82, 2.24) is 9.36 Å². The van der Waals surface area contributed by atoms with E-state index in [1.54, 1.807) is 0 Å². The van der Waals surface area contributed by atoms with Gasteiger partial charge in [-0.1, -0.05) is 13.8 Å². The third kappa shape index (κ3) is 14.0. The number of hydrogen-bond acceptors (Lipinski definition) is 10. The Kier molecular flexibility index (Phi) is 14.5. The number of benzene rings is 1. The van der Waals surface area contributed by atoms with Crippen molar-refractivity contribution in [3.63, 3.8) is 0 Å². The van der Waals surface area contributed by atoms with Crippen LogP contribution in [0.15, 0.2) is 23.4 Å². The van der Waals surface area contributed by atoms with E-state index in [2.05, 4.69) is 33.2 Å². The van der Waals surface area contributed by atoms with Crippen LogP contribution in [0.2, 0.25) is 0 Å². The van der Waals surface area contributed by atoms with Crippen LogP contribution < -0.4 is 21.5 Å². The summed E-state index contributed by atoms with van der Waals surface area (Å²) in [4.78, 5) is 20.7. The highest BCUT2D eigenvalue weighted by molar-refractivity contribution is 7.93. The number of hydrogen-bond donors (Lipinski definition) is 6. The molecule has 1 aliphatic carbocycles. The van der Waals surface area contributed by atoms with Crippen molar-refractivity contribution in [3.05, 3.63) is 30.1 Å². The third-order valence-corrected chi connectivity index (χ3v) is 8.34. The molecule has 0 bridgehead atoms. The molecule has 3 rings (SSSR count). The maximum Gasteiger partial charge on any atom is 0.490 e. The van der Waals surface area contributed by atoms with Gasteiger partial charge < -0.3 is 27.0 Å². The Morgan fingerprint density at radius 2 is 1.57 bits per heavy atom. The number of nitrogens with two attached hydrogens (primary N) is 2. The molecule has 46 heavy (non-hydrogen) atoms. The van der Waals surface area contributed by atoms with Gasteiger partial charge in [0.1, 0.15) is 22.9 Å². The van der Waals surface area contributed by atoms with Gasteiger partial charge in [0.25, 0.3) is 10.0 Å². The fourth-order valence-electron chi connectivity index (χ4n) is 3.91. The highest BCUT2D eigenvalue weighted by Crippen LogP contribution is 2.39. The lowest BCUT2D eigenvalue weighted by Gasteiger charge is -2.33. The standard InChI is InChI=1S/C20H30F2N6O2S2.2C2HF3O2/c1-20(2,5-6-23)9-13(18(24)12-3-4-12)10-25-16-7-15(22)17(8-14(16)21)32(29,30)28-19-26-11-27-31-19;2*3-2(4,5)1(6)7/h7-8,11-13,18,25H,3-6,9-10,23-24H2,1-2H3,(H,26,27,28);2*(H,6,7). The fraction of sp³-hybridized carbons (Fsp3) is 0.583. The second-order valence-electron chi connectivity index (χ2n) is 10.7. The number of rotatable bonds is 12. The lowest BCUT2D eigenvalue weighted by Crippen LogP contribution is -2.39. The van der Waals surface area contributed by atoms with Gasteiger partial charge in [0.15, 0.2) is 0 Å². The predicted molar refractivity (Wildman–Crippen MR) is 149 cm³/mol. The Morgan fingerprint density at radius 3 is 1.98 bits per heavy atom. The van der Waals surface area contributed by atoms with E-state index in [0.29, 0.717) is 25.1 Å². The summed E-state index contributed by atoms with van der Waals surface area (Å²) >= 11 is 0.787. The van der Waals surface area contributed by atoms with Gasteiger partial charge in [-0.15, -0.1) is 0 Å². The minimum absolute atomic E-state index is 0.0360. The molecule has 0 spiro atoms. The Labute approximate surface area is 261 Å². The van der Waals surface area contributed by atoms with E-state index in [1.807, 2.05) is 0 Å². The Hall–Kier alpha value is -3.37. The molecule has 8 N–H and O–H groups in total. The SMILES string of the molecule is CC(C)(CCN)CC(CNc1cc(F)c(S(=O)(=O)Nc2ncns2)cc1F)C(N)C1CC1.O=C(O)C(F)(F)F.O=C(O)C(F)(F)F. The number of nitrogens with one attached hydrogen (secondary N) is 2. The van der Waals surface area contributed by atoms with E-state index in [0.717, 1.165) is 49.6 Å². The zero-order chi connectivity index (χ0) is 35.7. The summed E-state index contributed by atoms with van der Waals surface area (Å²) < 4.78 is 123. The van der Waals surface area contributed by atoms with Crippen molar-refractivity contribution in [1.29, 1.82) is 0 Å². The van der Waals surface area contributed by atoms with Crippen molar-refractivity contribution in [2.75, 3.05) is 23.1 Å². The van der Waals surface area contributed by atoms with Crippen molar-refractivity contribution in [2.24, 2.45) is 28.7 Å². The Balaban J connectivity index is 0.000000629. The maximum atomic E-state index is 14.7. The molecule has 262 valence electrons. The molecule has 0 aliphatic heterocycles. The highest BCUT2D eigenvalue weighted by atomic mass is 32.2. The van der Waals surface area contributed by atoms with Crippen LogP contribution in [0.25, 0.3) is 0 Å². The summed E-state index contributed by atoms with van der Waals surface area (Å²) in [6, 6.07) is 1.47. The number of halogens is 8. The molecule has 0 radical (unpaired) electrons. The normalized spacial score (nSPS) is 15.0. The number of anilines is 2. The van der Waals surface area contributed by atoms with Crippen molar-refractivity contribution < 1.29 is 63.3 Å². The summed E-state index contributed by atoms with van der Waals surface area (Å²) in [6.45, 7) is 5.15. The molecule has 22 heteroatoms. The number of nitrogens with zero attached hydrogens (tertiary/aromatic N) is 2. The van der Waals surface area contributed by atoms with Crippen molar-refractivity contribution in [3.8, 4) is 0 Å². The van der Waals surface area contributed by atoms with Crippen LogP contribution in [0, 0.1) is 28.9 Å². The molecule has 2 aromatic rings. The molecule has 0 saturated heterocycles. The summed E-state index contributed by atoms with van der Waals surface area (Å²) in [5, 5.41) is 17.2. The molecule has 1 aliphatic rings. The third-order valence-electron chi connectivity index (χ3n) is 6.28. The van der Waals surface area contributed by atoms with Crippen molar-refractivity contribution >= 4 is 44.3 Å². The number of carboxylic acids is 2. The summed E-state index contributed by atoms with van der Waals surface area (Å²) in [7, 11) is -4.35. The van der Waals surface area contributed by atoms with E-state index in [9.17, 15) is 43.5 Å². The molecular formula is C24H32F8N6O6S2. The van der Waals surface area contributed by atoms with Gasteiger partial charge in [-0.2, -0.15) is 30.7 Å². The topological polar surface area (TPSA) is 211 Å². The predicted octanol–water partition coefficient (Wildman–Crippen LogP) is 4.41.